The summed E-state index contributed by atoms with van der Waals surface area (Å²) in [5, 5.41) is 7.71. The van der Waals surface area contributed by atoms with Gasteiger partial charge in [-0.15, -0.1) is 11.8 Å². The first-order valence-corrected chi connectivity index (χ1v) is 9.49. The summed E-state index contributed by atoms with van der Waals surface area (Å²) in [4.78, 5) is 12.8. The van der Waals surface area contributed by atoms with Crippen molar-refractivity contribution in [3.05, 3.63) is 53.0 Å². The number of primary sulfonamides is 1. The van der Waals surface area contributed by atoms with E-state index in [9.17, 15) is 13.2 Å². The SMILES string of the molecule is NS(=O)(=O)c1cccc(NC(=O)CSc2ccccc2Br)c1. The average Bonchev–Trinajstić information content (AvgIpc) is 2.46. The molecule has 0 aliphatic carbocycles. The third kappa shape index (κ3) is 4.84. The van der Waals surface area contributed by atoms with E-state index in [1.54, 1.807) is 6.07 Å². The number of benzene rings is 2. The molecule has 0 radical (unpaired) electrons. The van der Waals surface area contributed by atoms with Crippen molar-refractivity contribution in [1.82, 2.24) is 0 Å². The van der Waals surface area contributed by atoms with Crippen LogP contribution in [-0.2, 0) is 14.8 Å². The standard InChI is InChI=1S/C14H13BrN2O3S2/c15-12-6-1-2-7-13(12)21-9-14(18)17-10-4-3-5-11(8-10)22(16,19)20/h1-8H,9H2,(H,17,18)(H2,16,19,20). The van der Waals surface area contributed by atoms with Crippen LogP contribution in [0.25, 0.3) is 0 Å². The highest BCUT2D eigenvalue weighted by Gasteiger charge is 2.10. The smallest absolute Gasteiger partial charge is 0.238 e. The van der Waals surface area contributed by atoms with Crippen LogP contribution in [0.3, 0.4) is 0 Å². The Morgan fingerprint density at radius 1 is 1.18 bits per heavy atom. The van der Waals surface area contributed by atoms with Gasteiger partial charge < -0.3 is 5.32 Å². The van der Waals surface area contributed by atoms with Crippen molar-refractivity contribution >= 4 is 49.3 Å². The lowest BCUT2D eigenvalue weighted by Gasteiger charge is -2.07. The first-order chi connectivity index (χ1) is 10.4. The van der Waals surface area contributed by atoms with Crippen molar-refractivity contribution in [3.8, 4) is 0 Å². The largest absolute Gasteiger partial charge is 0.325 e. The minimum atomic E-state index is -3.78. The quantitative estimate of drug-likeness (QED) is 0.754. The maximum Gasteiger partial charge on any atom is 0.238 e. The Labute approximate surface area is 141 Å². The van der Waals surface area contributed by atoms with E-state index in [-0.39, 0.29) is 16.6 Å². The average molecular weight is 401 g/mol. The predicted octanol–water partition coefficient (Wildman–Crippen LogP) is 2.83. The summed E-state index contributed by atoms with van der Waals surface area (Å²) in [6.07, 6.45) is 0. The number of hydrogen-bond acceptors (Lipinski definition) is 4. The molecule has 0 aliphatic heterocycles. The number of nitrogens with two attached hydrogens (primary N) is 1. The van der Waals surface area contributed by atoms with Crippen LogP contribution in [0, 0.1) is 0 Å². The minimum Gasteiger partial charge on any atom is -0.325 e. The van der Waals surface area contributed by atoms with Gasteiger partial charge in [-0.05, 0) is 46.3 Å². The summed E-state index contributed by atoms with van der Waals surface area (Å²) in [6.45, 7) is 0. The molecule has 2 rings (SSSR count). The molecule has 0 saturated carbocycles. The van der Waals surface area contributed by atoms with E-state index in [2.05, 4.69) is 21.2 Å². The summed E-state index contributed by atoms with van der Waals surface area (Å²) in [6, 6.07) is 13.4. The van der Waals surface area contributed by atoms with Crippen molar-refractivity contribution in [2.75, 3.05) is 11.1 Å². The Bertz CT molecular complexity index is 794. The highest BCUT2D eigenvalue weighted by atomic mass is 79.9. The fourth-order valence-electron chi connectivity index (χ4n) is 1.65. The van der Waals surface area contributed by atoms with Crippen LogP contribution in [0.4, 0.5) is 5.69 Å². The molecule has 0 spiro atoms. The number of halogens is 1. The lowest BCUT2D eigenvalue weighted by Crippen LogP contribution is -2.16. The van der Waals surface area contributed by atoms with Crippen molar-refractivity contribution in [2.45, 2.75) is 9.79 Å². The summed E-state index contributed by atoms with van der Waals surface area (Å²) in [5.74, 6) is -0.0188. The molecule has 0 atom stereocenters. The number of sulfonamides is 1. The zero-order valence-corrected chi connectivity index (χ0v) is 14.5. The lowest BCUT2D eigenvalue weighted by molar-refractivity contribution is -0.113. The van der Waals surface area contributed by atoms with Gasteiger partial charge in [0, 0.05) is 15.1 Å². The zero-order valence-electron chi connectivity index (χ0n) is 11.3. The third-order valence-electron chi connectivity index (χ3n) is 2.64. The first kappa shape index (κ1) is 17.0. The molecule has 5 nitrogen and oxygen atoms in total. The van der Waals surface area contributed by atoms with Gasteiger partial charge in [-0.25, -0.2) is 13.6 Å². The van der Waals surface area contributed by atoms with Gasteiger partial charge >= 0.3 is 0 Å². The van der Waals surface area contributed by atoms with Crippen molar-refractivity contribution in [2.24, 2.45) is 5.14 Å². The molecular weight excluding hydrogens is 388 g/mol. The molecule has 22 heavy (non-hydrogen) atoms. The van der Waals surface area contributed by atoms with E-state index in [0.29, 0.717) is 5.69 Å². The van der Waals surface area contributed by atoms with Crippen LogP contribution < -0.4 is 10.5 Å². The predicted molar refractivity (Wildman–Crippen MR) is 91.3 cm³/mol. The molecule has 1 amide bonds. The Hall–Kier alpha value is -1.35. The summed E-state index contributed by atoms with van der Waals surface area (Å²) < 4.78 is 23.5. The molecule has 0 fully saturated rings. The van der Waals surface area contributed by atoms with Crippen LogP contribution in [0.1, 0.15) is 0 Å². The fourth-order valence-corrected chi connectivity index (χ4v) is 3.58. The molecule has 116 valence electrons. The summed E-state index contributed by atoms with van der Waals surface area (Å²) >= 11 is 4.79. The van der Waals surface area contributed by atoms with Gasteiger partial charge in [-0.3, -0.25) is 4.79 Å². The molecule has 2 aromatic rings. The number of amides is 1. The molecule has 0 aromatic heterocycles. The number of carbonyl (C=O) groups is 1. The maximum atomic E-state index is 11.9. The molecule has 0 bridgehead atoms. The molecule has 0 heterocycles. The number of rotatable bonds is 5. The van der Waals surface area contributed by atoms with E-state index in [0.717, 1.165) is 9.37 Å². The van der Waals surface area contributed by atoms with Crippen LogP contribution in [0.5, 0.6) is 0 Å². The van der Waals surface area contributed by atoms with Gasteiger partial charge in [-0.2, -0.15) is 0 Å². The molecular formula is C14H13BrN2O3S2. The number of nitrogens with one attached hydrogen (secondary N) is 1. The molecule has 0 saturated heterocycles. The molecule has 0 aliphatic rings. The molecule has 2 aromatic carbocycles. The van der Waals surface area contributed by atoms with Crippen molar-refractivity contribution in [1.29, 1.82) is 0 Å². The minimum absolute atomic E-state index is 0.0382. The number of thioether (sulfide) groups is 1. The van der Waals surface area contributed by atoms with E-state index in [1.807, 2.05) is 24.3 Å². The van der Waals surface area contributed by atoms with E-state index < -0.39 is 10.0 Å². The number of anilines is 1. The van der Waals surface area contributed by atoms with Crippen molar-refractivity contribution in [3.63, 3.8) is 0 Å². The van der Waals surface area contributed by atoms with E-state index >= 15 is 0 Å². The summed E-state index contributed by atoms with van der Waals surface area (Å²) in [7, 11) is -3.78. The second-order valence-corrected chi connectivity index (χ2v) is 7.77. The van der Waals surface area contributed by atoms with Crippen LogP contribution in [-0.4, -0.2) is 20.1 Å². The van der Waals surface area contributed by atoms with E-state index in [4.69, 9.17) is 5.14 Å². The first-order valence-electron chi connectivity index (χ1n) is 6.16. The van der Waals surface area contributed by atoms with Gasteiger partial charge in [0.1, 0.15) is 0 Å². The van der Waals surface area contributed by atoms with Gasteiger partial charge in [0.15, 0.2) is 0 Å². The second kappa shape index (κ2) is 7.28. The summed E-state index contributed by atoms with van der Waals surface area (Å²) in [5.41, 5.74) is 0.393. The monoisotopic (exact) mass is 400 g/mol. The number of hydrogen-bond donors (Lipinski definition) is 2. The highest BCUT2D eigenvalue weighted by molar-refractivity contribution is 9.10. The topological polar surface area (TPSA) is 89.3 Å². The molecule has 0 unspecified atom stereocenters. The van der Waals surface area contributed by atoms with Crippen LogP contribution >= 0.6 is 27.7 Å². The third-order valence-corrected chi connectivity index (χ3v) is 5.58. The second-order valence-electron chi connectivity index (χ2n) is 4.34. The van der Waals surface area contributed by atoms with Crippen LogP contribution in [0.2, 0.25) is 0 Å². The normalized spacial score (nSPS) is 11.2. The Balaban J connectivity index is 2.00. The molecule has 3 N–H and O–H groups in total. The highest BCUT2D eigenvalue weighted by Crippen LogP contribution is 2.27. The molecule has 8 heteroatoms. The Kier molecular flexibility index (Phi) is 5.63. The Morgan fingerprint density at radius 2 is 1.91 bits per heavy atom. The van der Waals surface area contributed by atoms with Gasteiger partial charge in [0.2, 0.25) is 15.9 Å². The Morgan fingerprint density at radius 3 is 2.59 bits per heavy atom. The van der Waals surface area contributed by atoms with Gasteiger partial charge in [-0.1, -0.05) is 18.2 Å². The van der Waals surface area contributed by atoms with Crippen molar-refractivity contribution < 1.29 is 13.2 Å². The van der Waals surface area contributed by atoms with Gasteiger partial charge in [0.25, 0.3) is 0 Å². The number of carbonyl (C=O) groups excluding carboxylic acids is 1. The lowest BCUT2D eigenvalue weighted by atomic mass is 10.3. The van der Waals surface area contributed by atoms with E-state index in [1.165, 1.54) is 30.0 Å². The zero-order chi connectivity index (χ0) is 16.2. The maximum absolute atomic E-state index is 11.9. The van der Waals surface area contributed by atoms with Crippen LogP contribution in [0.15, 0.2) is 62.8 Å². The fraction of sp³-hybridized carbons (Fsp3) is 0.0714. The van der Waals surface area contributed by atoms with Gasteiger partial charge in [0.05, 0.1) is 10.6 Å².